The first-order chi connectivity index (χ1) is 19.6. The van der Waals surface area contributed by atoms with Crippen LogP contribution in [0.2, 0.25) is 0 Å². The molecule has 41 heavy (non-hydrogen) atoms. The smallest absolute Gasteiger partial charge is 0.270 e. The molecule has 10 nitrogen and oxygen atoms in total. The molecule has 3 aliphatic rings. The zero-order chi connectivity index (χ0) is 29.3. The van der Waals surface area contributed by atoms with Crippen LogP contribution in [-0.2, 0) is 4.79 Å². The predicted octanol–water partition coefficient (Wildman–Crippen LogP) is 3.81. The maximum Gasteiger partial charge on any atom is 0.270 e. The zero-order valence-electron chi connectivity index (χ0n) is 23.8. The third-order valence-corrected chi connectivity index (χ3v) is 8.37. The van der Waals surface area contributed by atoms with Gasteiger partial charge in [0.25, 0.3) is 11.8 Å². The van der Waals surface area contributed by atoms with Crippen LogP contribution in [0.15, 0.2) is 31.0 Å². The van der Waals surface area contributed by atoms with Crippen LogP contribution in [0.3, 0.4) is 0 Å². The molecular formula is C29H37F2N7O3. The van der Waals surface area contributed by atoms with Gasteiger partial charge in [-0.15, -0.1) is 0 Å². The molecule has 1 atom stereocenters. The van der Waals surface area contributed by atoms with E-state index in [0.717, 1.165) is 57.7 Å². The van der Waals surface area contributed by atoms with E-state index in [9.17, 15) is 9.59 Å². The second kappa shape index (κ2) is 11.6. The lowest BCUT2D eigenvalue weighted by atomic mass is 10.0. The summed E-state index contributed by atoms with van der Waals surface area (Å²) < 4.78 is 36.5. The van der Waals surface area contributed by atoms with Gasteiger partial charge < -0.3 is 30.1 Å². The lowest BCUT2D eigenvalue weighted by molar-refractivity contribution is -0.126. The molecule has 0 radical (unpaired) electrons. The Morgan fingerprint density at radius 2 is 1.90 bits per heavy atom. The minimum Gasteiger partial charge on any atom is -0.495 e. The number of amides is 2. The van der Waals surface area contributed by atoms with Crippen LogP contribution in [0.5, 0.6) is 5.75 Å². The van der Waals surface area contributed by atoms with Gasteiger partial charge in [-0.25, -0.2) is 13.8 Å². The SMILES string of the molecule is C=CC1(F)CN(C2CCCC2)c2nc(Nc3cc(F)c(C(=O)NC4CCN(C)CC4)cc3OC)ncc2N(C)C1=O. The van der Waals surface area contributed by atoms with Crippen molar-refractivity contribution in [2.45, 2.75) is 56.3 Å². The number of hydrogen-bond donors (Lipinski definition) is 2. The van der Waals surface area contributed by atoms with Gasteiger partial charge in [0, 0.05) is 25.2 Å². The standard InChI is InChI=1S/C29H37F2N7O3/c1-5-29(31)17-38(19-8-6-7-9-19)25-23(37(3)27(29)40)16-32-28(35-25)34-22-15-21(30)20(14-24(22)41-4)26(39)33-18-10-12-36(2)13-11-18/h5,14-16,18-19H,1,6-13,17H2,2-4H3,(H,33,39)(H,32,34,35). The Labute approximate surface area is 238 Å². The molecule has 220 valence electrons. The van der Waals surface area contributed by atoms with Crippen molar-refractivity contribution in [3.05, 3.63) is 42.4 Å². The molecule has 3 heterocycles. The molecule has 2 N–H and O–H groups in total. The quantitative estimate of drug-likeness (QED) is 0.486. The molecule has 0 bridgehead atoms. The number of carbonyl (C=O) groups excluding carboxylic acids is 2. The van der Waals surface area contributed by atoms with Gasteiger partial charge in [-0.1, -0.05) is 19.4 Å². The van der Waals surface area contributed by atoms with Crippen molar-refractivity contribution in [3.63, 3.8) is 0 Å². The first-order valence-corrected chi connectivity index (χ1v) is 14.0. The highest BCUT2D eigenvalue weighted by molar-refractivity contribution is 6.04. The van der Waals surface area contributed by atoms with Crippen molar-refractivity contribution in [3.8, 4) is 5.75 Å². The maximum atomic E-state index is 15.8. The van der Waals surface area contributed by atoms with Crippen molar-refractivity contribution in [1.82, 2.24) is 20.2 Å². The number of hydrogen-bond acceptors (Lipinski definition) is 8. The van der Waals surface area contributed by atoms with E-state index in [1.807, 2.05) is 11.9 Å². The first kappa shape index (κ1) is 28.7. The number of carbonyl (C=O) groups is 2. The summed E-state index contributed by atoms with van der Waals surface area (Å²) in [5.74, 6) is -1.22. The van der Waals surface area contributed by atoms with Gasteiger partial charge >= 0.3 is 0 Å². The van der Waals surface area contributed by atoms with E-state index in [1.54, 1.807) is 0 Å². The molecule has 2 aromatic rings. The minimum atomic E-state index is -2.29. The molecule has 1 unspecified atom stereocenters. The highest BCUT2D eigenvalue weighted by Crippen LogP contribution is 2.40. The number of benzene rings is 1. The average Bonchev–Trinajstić information content (AvgIpc) is 3.49. The molecule has 12 heteroatoms. The van der Waals surface area contributed by atoms with Crippen LogP contribution in [0.25, 0.3) is 0 Å². The summed E-state index contributed by atoms with van der Waals surface area (Å²) in [6.07, 6.45) is 7.78. The van der Waals surface area contributed by atoms with Crippen molar-refractivity contribution in [2.24, 2.45) is 0 Å². The van der Waals surface area contributed by atoms with Crippen LogP contribution < -0.4 is 25.2 Å². The van der Waals surface area contributed by atoms with Gasteiger partial charge in [0.1, 0.15) is 17.3 Å². The predicted molar refractivity (Wildman–Crippen MR) is 153 cm³/mol. The van der Waals surface area contributed by atoms with E-state index in [0.29, 0.717) is 11.5 Å². The molecule has 0 spiro atoms. The third kappa shape index (κ3) is 5.70. The van der Waals surface area contributed by atoms with Gasteiger partial charge in [0.2, 0.25) is 11.6 Å². The fraction of sp³-hybridized carbons (Fsp3) is 0.517. The number of anilines is 4. The topological polar surface area (TPSA) is 103 Å². The molecule has 2 aliphatic heterocycles. The lowest BCUT2D eigenvalue weighted by Gasteiger charge is -2.32. The number of nitrogens with one attached hydrogen (secondary N) is 2. The highest BCUT2D eigenvalue weighted by Gasteiger charge is 2.46. The second-order valence-electron chi connectivity index (χ2n) is 11.1. The molecule has 5 rings (SSSR count). The number of piperidine rings is 1. The van der Waals surface area contributed by atoms with Crippen LogP contribution >= 0.6 is 0 Å². The van der Waals surface area contributed by atoms with E-state index < -0.39 is 23.3 Å². The number of alkyl halides is 1. The van der Waals surface area contributed by atoms with E-state index in [1.165, 1.54) is 37.4 Å². The largest absolute Gasteiger partial charge is 0.495 e. The van der Waals surface area contributed by atoms with Gasteiger partial charge in [-0.3, -0.25) is 9.59 Å². The van der Waals surface area contributed by atoms with Crippen molar-refractivity contribution in [2.75, 3.05) is 56.0 Å². The maximum absolute atomic E-state index is 15.8. The Hall–Kier alpha value is -3.80. The van der Waals surface area contributed by atoms with Crippen LogP contribution in [-0.4, -0.2) is 85.3 Å². The Balaban J connectivity index is 1.43. The molecule has 1 saturated carbocycles. The third-order valence-electron chi connectivity index (χ3n) is 8.37. The van der Waals surface area contributed by atoms with E-state index in [-0.39, 0.29) is 41.6 Å². The molecule has 1 aromatic carbocycles. The summed E-state index contributed by atoms with van der Waals surface area (Å²) in [5, 5.41) is 5.92. The van der Waals surface area contributed by atoms with Crippen LogP contribution in [0.1, 0.15) is 48.9 Å². The molecular weight excluding hydrogens is 532 g/mol. The number of fused-ring (bicyclic) bond motifs is 1. The minimum absolute atomic E-state index is 0.000199. The molecule has 2 amide bonds. The Morgan fingerprint density at radius 1 is 1.20 bits per heavy atom. The fourth-order valence-electron chi connectivity index (χ4n) is 5.85. The summed E-state index contributed by atoms with van der Waals surface area (Å²) in [5.41, 5.74) is -1.82. The monoisotopic (exact) mass is 569 g/mol. The number of nitrogens with zero attached hydrogens (tertiary/aromatic N) is 5. The van der Waals surface area contributed by atoms with Crippen LogP contribution in [0.4, 0.5) is 31.9 Å². The number of ether oxygens (including phenoxy) is 1. The van der Waals surface area contributed by atoms with Gasteiger partial charge in [-0.2, -0.15) is 4.98 Å². The number of likely N-dealkylation sites (tertiary alicyclic amines) is 1. The summed E-state index contributed by atoms with van der Waals surface area (Å²) >= 11 is 0. The van der Waals surface area contributed by atoms with Crippen molar-refractivity contribution in [1.29, 1.82) is 0 Å². The van der Waals surface area contributed by atoms with E-state index in [4.69, 9.17) is 4.74 Å². The van der Waals surface area contributed by atoms with E-state index >= 15 is 8.78 Å². The van der Waals surface area contributed by atoms with Gasteiger partial charge in [0.15, 0.2) is 5.82 Å². The van der Waals surface area contributed by atoms with Crippen LogP contribution in [0, 0.1) is 5.82 Å². The molecule has 1 aromatic heterocycles. The van der Waals surface area contributed by atoms with E-state index in [2.05, 4.69) is 32.1 Å². The number of halogens is 2. The summed E-state index contributed by atoms with van der Waals surface area (Å²) in [7, 11) is 4.94. The zero-order valence-corrected chi connectivity index (χ0v) is 23.8. The number of aromatic nitrogens is 2. The Bertz CT molecular complexity index is 1330. The molecule has 2 fully saturated rings. The Morgan fingerprint density at radius 3 is 2.56 bits per heavy atom. The van der Waals surface area contributed by atoms with Crippen molar-refractivity contribution >= 4 is 35.0 Å². The highest BCUT2D eigenvalue weighted by atomic mass is 19.1. The summed E-state index contributed by atoms with van der Waals surface area (Å²) in [6, 6.07) is 2.50. The first-order valence-electron chi connectivity index (χ1n) is 14.0. The normalized spacial score (nSPS) is 22.3. The van der Waals surface area contributed by atoms with Gasteiger partial charge in [-0.05, 0) is 58.0 Å². The fourth-order valence-corrected chi connectivity index (χ4v) is 5.85. The summed E-state index contributed by atoms with van der Waals surface area (Å²) in [4.78, 5) is 40.2. The lowest BCUT2D eigenvalue weighted by Crippen LogP contribution is -2.49. The average molecular weight is 570 g/mol. The van der Waals surface area contributed by atoms with Crippen molar-refractivity contribution < 1.29 is 23.1 Å². The van der Waals surface area contributed by atoms with Gasteiger partial charge in [0.05, 0.1) is 31.1 Å². The number of rotatable bonds is 7. The molecule has 1 aliphatic carbocycles. The number of methoxy groups -OCH3 is 1. The second-order valence-corrected chi connectivity index (χ2v) is 11.1. The summed E-state index contributed by atoms with van der Waals surface area (Å²) in [6.45, 7) is 5.10. The molecule has 1 saturated heterocycles. The Kier molecular flexibility index (Phi) is 8.12.